The molecule has 0 atom stereocenters. The van der Waals surface area contributed by atoms with Crippen molar-refractivity contribution in [1.82, 2.24) is 0 Å². The highest BCUT2D eigenvalue weighted by molar-refractivity contribution is 6.94. The van der Waals surface area contributed by atoms with E-state index >= 15 is 0 Å². The van der Waals surface area contributed by atoms with Crippen LogP contribution in [0.15, 0.2) is 178 Å². The first kappa shape index (κ1) is 51.1. The first-order valence-electron chi connectivity index (χ1n) is 23.0. The Morgan fingerprint density at radius 2 is 0.234 bits per heavy atom. The predicted molar refractivity (Wildman–Crippen MR) is 299 cm³/mol. The van der Waals surface area contributed by atoms with Crippen LogP contribution in [0.3, 0.4) is 0 Å². The third-order valence-corrected chi connectivity index (χ3v) is 28.8. The SMILES string of the molecule is C[Si](C)(C)C1=C([Si](C)(C)C)C2=C=C=C=C=C3C(=C=C=C=C=C4C(=C=C=C=C=C5C(=C=C=C=C=C21)C([Si](C)(C)C)=C5[Si](C)(C)C)C([Si](C)(C)C)=C4[Si](C)(C)C)C([Si](C)(C)C)=C3[Si](C)(C)C. The Labute approximate surface area is 396 Å². The number of rotatable bonds is 8. The summed E-state index contributed by atoms with van der Waals surface area (Å²) in [5.41, 5.74) is 64.3. The maximum Gasteiger partial charge on any atom is 0.0792 e. The van der Waals surface area contributed by atoms with Crippen LogP contribution in [0.1, 0.15) is 0 Å². The highest BCUT2D eigenvalue weighted by Crippen LogP contribution is 2.51. The van der Waals surface area contributed by atoms with Crippen molar-refractivity contribution in [2.24, 2.45) is 0 Å². The predicted octanol–water partition coefficient (Wildman–Crippen LogP) is 15.9. The van der Waals surface area contributed by atoms with Gasteiger partial charge in [0.2, 0.25) is 0 Å². The van der Waals surface area contributed by atoms with Crippen molar-refractivity contribution in [3.8, 4) is 0 Å². The second kappa shape index (κ2) is 17.1. The molecule has 0 saturated carbocycles. The monoisotopic (exact) mass is 968 g/mol. The van der Waals surface area contributed by atoms with Crippen LogP contribution in [-0.2, 0) is 0 Å². The Morgan fingerprint density at radius 3 is 0.297 bits per heavy atom. The number of fused-ring (bicyclic) bond motifs is 4. The van der Waals surface area contributed by atoms with Crippen LogP contribution in [0.4, 0.5) is 0 Å². The normalized spacial score (nSPS) is 18.1. The Morgan fingerprint density at radius 1 is 0.156 bits per heavy atom. The Hall–Kier alpha value is -3.86. The molecular weight excluding hydrogens is 897 g/mol. The zero-order valence-corrected chi connectivity index (χ0v) is 52.0. The Bertz CT molecular complexity index is 2480. The second-order valence-corrected chi connectivity index (χ2v) is 66.0. The molecule has 0 aliphatic heterocycles. The standard InChI is InChI=1S/C56H72Si8/c1-57(2,3)49-41-33-25-26-35-43-45(53(61(13,14)15)51(43)59(7,8)9)37-29-30-39-47-48(56(64(22,23)24)55(47)63(19,20)21)40-32-31-38-46-44(52(60(10,11)12)54(46)62(16,17)18)36-28-27-34-42(41)50(49)58(4,5)6/h1-24H3. The van der Waals surface area contributed by atoms with Crippen molar-refractivity contribution in [2.75, 3.05) is 0 Å². The van der Waals surface area contributed by atoms with Gasteiger partial charge in [0, 0.05) is 44.6 Å². The van der Waals surface area contributed by atoms with Crippen LogP contribution in [-0.4, -0.2) is 64.6 Å². The van der Waals surface area contributed by atoms with Crippen molar-refractivity contribution in [2.45, 2.75) is 157 Å². The molecule has 0 radical (unpaired) electrons. The lowest BCUT2D eigenvalue weighted by Crippen LogP contribution is -2.41. The van der Waals surface area contributed by atoms with Gasteiger partial charge in [-0.05, 0) is 87.4 Å². The number of allylic oxidation sites excluding steroid dienone is 16. The fourth-order valence-corrected chi connectivity index (χ4v) is 33.0. The summed E-state index contributed by atoms with van der Waals surface area (Å²) in [6.45, 7) is 58.4. The third-order valence-electron chi connectivity index (χ3n) is 11.8. The molecule has 0 nitrogen and oxygen atoms in total. The summed E-state index contributed by atoms with van der Waals surface area (Å²) in [5.74, 6) is 0. The van der Waals surface area contributed by atoms with E-state index in [2.05, 4.69) is 249 Å². The van der Waals surface area contributed by atoms with E-state index in [1.165, 1.54) is 41.6 Å². The number of hydrogen-bond acceptors (Lipinski definition) is 0. The van der Waals surface area contributed by atoms with Gasteiger partial charge in [0.05, 0.1) is 64.6 Å². The van der Waals surface area contributed by atoms with Gasteiger partial charge in [-0.1, -0.05) is 203 Å². The Kier molecular flexibility index (Phi) is 13.7. The van der Waals surface area contributed by atoms with Crippen LogP contribution in [0.5, 0.6) is 0 Å². The minimum absolute atomic E-state index is 1.08. The zero-order chi connectivity index (χ0) is 48.6. The summed E-state index contributed by atoms with van der Waals surface area (Å²) in [4.78, 5) is 0. The molecule has 0 saturated heterocycles. The lowest BCUT2D eigenvalue weighted by molar-refractivity contribution is 1.31. The molecule has 5 rings (SSSR count). The van der Waals surface area contributed by atoms with Gasteiger partial charge < -0.3 is 0 Å². The fourth-order valence-electron chi connectivity index (χ4n) is 9.50. The summed E-state index contributed by atoms with van der Waals surface area (Å²) >= 11 is 0. The van der Waals surface area contributed by atoms with E-state index in [9.17, 15) is 0 Å². The van der Waals surface area contributed by atoms with Crippen molar-refractivity contribution in [1.29, 1.82) is 0 Å². The van der Waals surface area contributed by atoms with E-state index in [-0.39, 0.29) is 0 Å². The molecule has 64 heavy (non-hydrogen) atoms. The Balaban J connectivity index is 2.17. The van der Waals surface area contributed by atoms with Crippen LogP contribution in [0, 0.1) is 0 Å². The maximum absolute atomic E-state index is 3.59. The molecule has 0 spiro atoms. The van der Waals surface area contributed by atoms with Gasteiger partial charge in [0.15, 0.2) is 0 Å². The summed E-state index contributed by atoms with van der Waals surface area (Å²) in [7, 11) is -14.1. The van der Waals surface area contributed by atoms with E-state index in [0.29, 0.717) is 0 Å². The topological polar surface area (TPSA) is 0 Å². The molecule has 0 bridgehead atoms. The van der Waals surface area contributed by atoms with Gasteiger partial charge in [0.25, 0.3) is 0 Å². The van der Waals surface area contributed by atoms with E-state index in [1.54, 1.807) is 0 Å². The van der Waals surface area contributed by atoms with E-state index in [0.717, 1.165) is 44.6 Å². The molecule has 0 fully saturated rings. The van der Waals surface area contributed by atoms with Gasteiger partial charge in [-0.25, -0.2) is 0 Å². The average Bonchev–Trinajstić information content (AvgIpc) is 3.02. The molecular formula is C56H72Si8. The fraction of sp³-hybridized carbons (Fsp3) is 0.429. The molecule has 0 heterocycles. The molecule has 5 aliphatic rings. The minimum Gasteiger partial charge on any atom is -0.0656 e. The lowest BCUT2D eigenvalue weighted by Gasteiger charge is -2.41. The molecule has 0 unspecified atom stereocenters. The summed E-state index contributed by atoms with van der Waals surface area (Å²) < 4.78 is 0. The first-order chi connectivity index (χ1) is 28.9. The summed E-state index contributed by atoms with van der Waals surface area (Å²) in [6.07, 6.45) is 0. The molecule has 5 aliphatic carbocycles. The quantitative estimate of drug-likeness (QED) is 0.168. The van der Waals surface area contributed by atoms with Crippen LogP contribution < -0.4 is 0 Å². The highest BCUT2D eigenvalue weighted by atomic mass is 28.3. The van der Waals surface area contributed by atoms with Crippen molar-refractivity contribution in [3.05, 3.63) is 178 Å². The van der Waals surface area contributed by atoms with Crippen LogP contribution >= 0.6 is 0 Å². The average molecular weight is 970 g/mol. The first-order valence-corrected chi connectivity index (χ1v) is 51.0. The molecule has 0 amide bonds. The van der Waals surface area contributed by atoms with Gasteiger partial charge >= 0.3 is 0 Å². The smallest absolute Gasteiger partial charge is 0.0656 e. The highest BCUT2D eigenvalue weighted by Gasteiger charge is 2.46. The summed E-state index contributed by atoms with van der Waals surface area (Å²) in [5, 5.41) is 11.7. The molecule has 0 aromatic carbocycles. The number of hydrogen-bond donors (Lipinski definition) is 0. The van der Waals surface area contributed by atoms with E-state index in [1.807, 2.05) is 0 Å². The maximum atomic E-state index is 3.59. The molecule has 328 valence electrons. The van der Waals surface area contributed by atoms with Crippen molar-refractivity contribution < 1.29 is 0 Å². The second-order valence-electron chi connectivity index (χ2n) is 26.0. The van der Waals surface area contributed by atoms with E-state index in [4.69, 9.17) is 0 Å². The van der Waals surface area contributed by atoms with Crippen molar-refractivity contribution in [3.63, 3.8) is 0 Å². The lowest BCUT2D eigenvalue weighted by atomic mass is 9.95. The molecule has 0 aromatic heterocycles. The largest absolute Gasteiger partial charge is 0.0792 e. The molecule has 0 aromatic rings. The summed E-state index contributed by atoms with van der Waals surface area (Å²) in [6, 6.07) is 0. The van der Waals surface area contributed by atoms with Crippen LogP contribution in [0.25, 0.3) is 0 Å². The zero-order valence-electron chi connectivity index (χ0n) is 44.0. The van der Waals surface area contributed by atoms with Gasteiger partial charge in [-0.3, -0.25) is 0 Å². The van der Waals surface area contributed by atoms with Crippen LogP contribution in [0.2, 0.25) is 157 Å². The van der Waals surface area contributed by atoms with Gasteiger partial charge in [0.1, 0.15) is 0 Å². The van der Waals surface area contributed by atoms with E-state index < -0.39 is 64.6 Å². The minimum atomic E-state index is -1.77. The van der Waals surface area contributed by atoms with Gasteiger partial charge in [-0.2, -0.15) is 0 Å². The van der Waals surface area contributed by atoms with Gasteiger partial charge in [-0.15, -0.1) is 0 Å². The molecule has 0 N–H and O–H groups in total. The molecule has 8 heteroatoms. The third kappa shape index (κ3) is 10.2. The van der Waals surface area contributed by atoms with Crippen molar-refractivity contribution >= 4 is 64.6 Å².